The Morgan fingerprint density at radius 2 is 1.65 bits per heavy atom. The van der Waals surface area contributed by atoms with Gasteiger partial charge < -0.3 is 14.8 Å². The summed E-state index contributed by atoms with van der Waals surface area (Å²) in [7, 11) is 2.40. The number of carbonyl (C=O) groups is 3. The Bertz CT molecular complexity index is 595. The van der Waals surface area contributed by atoms with E-state index in [1.165, 1.54) is 14.2 Å². The van der Waals surface area contributed by atoms with Crippen LogP contribution in [0.1, 0.15) is 5.56 Å². The minimum Gasteiger partial charge on any atom is -0.468 e. The average molecular weight is 317 g/mol. The van der Waals surface area contributed by atoms with Gasteiger partial charge in [0.05, 0.1) is 20.1 Å². The molecule has 0 saturated heterocycles. The van der Waals surface area contributed by atoms with Crippen LogP contribution in [0.3, 0.4) is 0 Å². The molecule has 122 valence electrons. The molecule has 0 unspecified atom stereocenters. The number of allylic oxidation sites excluding steroid dienone is 1. The van der Waals surface area contributed by atoms with Crippen molar-refractivity contribution >= 4 is 17.8 Å². The van der Waals surface area contributed by atoms with Gasteiger partial charge in [0.15, 0.2) is 5.92 Å². The van der Waals surface area contributed by atoms with Gasteiger partial charge in [0.25, 0.3) is 0 Å². The number of amides is 1. The first-order valence-corrected chi connectivity index (χ1v) is 7.24. The highest BCUT2D eigenvalue weighted by Gasteiger charge is 2.45. The number of hydrogen-bond acceptors (Lipinski definition) is 5. The number of esters is 2. The molecule has 0 heterocycles. The van der Waals surface area contributed by atoms with Gasteiger partial charge in [-0.25, -0.2) is 0 Å². The lowest BCUT2D eigenvalue weighted by molar-refractivity contribution is -0.162. The summed E-state index contributed by atoms with van der Waals surface area (Å²) >= 11 is 0. The SMILES string of the molecule is COC(=O)C(C(=O)OC)[C@@H]1C=C[C@@H]1C(=O)NCc1ccccc1. The second-order valence-corrected chi connectivity index (χ2v) is 5.22. The van der Waals surface area contributed by atoms with Gasteiger partial charge in [-0.05, 0) is 5.56 Å². The Morgan fingerprint density at radius 1 is 1.04 bits per heavy atom. The van der Waals surface area contributed by atoms with E-state index >= 15 is 0 Å². The van der Waals surface area contributed by atoms with E-state index in [1.807, 2.05) is 30.3 Å². The topological polar surface area (TPSA) is 81.7 Å². The fourth-order valence-electron chi connectivity index (χ4n) is 2.50. The third-order valence-corrected chi connectivity index (χ3v) is 3.86. The van der Waals surface area contributed by atoms with Crippen LogP contribution in [-0.4, -0.2) is 32.1 Å². The molecule has 0 saturated carbocycles. The predicted octanol–water partition coefficient (Wildman–Crippen LogP) is 1.07. The summed E-state index contributed by atoms with van der Waals surface area (Å²) in [5.74, 6) is -3.87. The summed E-state index contributed by atoms with van der Waals surface area (Å²) < 4.78 is 9.29. The zero-order chi connectivity index (χ0) is 16.8. The van der Waals surface area contributed by atoms with Gasteiger partial charge in [-0.3, -0.25) is 14.4 Å². The molecule has 0 bridgehead atoms. The summed E-state index contributed by atoms with van der Waals surface area (Å²) in [5.41, 5.74) is 0.971. The van der Waals surface area contributed by atoms with Gasteiger partial charge in [-0.2, -0.15) is 0 Å². The average Bonchev–Trinajstić information content (AvgIpc) is 2.56. The third-order valence-electron chi connectivity index (χ3n) is 3.86. The standard InChI is InChI=1S/C17H19NO5/c1-22-16(20)14(17(21)23-2)12-8-9-13(12)15(19)18-10-11-6-4-3-5-7-11/h3-9,12-14H,10H2,1-2H3,(H,18,19)/t12-,13+/m1/s1. The number of nitrogens with one attached hydrogen (secondary N) is 1. The van der Waals surface area contributed by atoms with Crippen molar-refractivity contribution in [2.75, 3.05) is 14.2 Å². The summed E-state index contributed by atoms with van der Waals surface area (Å²) in [6, 6.07) is 9.48. The molecule has 1 aromatic rings. The van der Waals surface area contributed by atoms with E-state index in [4.69, 9.17) is 0 Å². The second kappa shape index (κ2) is 7.58. The fourth-order valence-corrected chi connectivity index (χ4v) is 2.50. The second-order valence-electron chi connectivity index (χ2n) is 5.22. The zero-order valence-electron chi connectivity index (χ0n) is 13.0. The highest BCUT2D eigenvalue weighted by molar-refractivity contribution is 5.97. The van der Waals surface area contributed by atoms with E-state index in [0.717, 1.165) is 5.56 Å². The fraction of sp³-hybridized carbons (Fsp3) is 0.353. The lowest BCUT2D eigenvalue weighted by Crippen LogP contribution is -2.45. The minimum absolute atomic E-state index is 0.237. The molecule has 0 spiro atoms. The molecule has 1 aliphatic carbocycles. The minimum atomic E-state index is -1.12. The van der Waals surface area contributed by atoms with Crippen LogP contribution >= 0.6 is 0 Å². The Kier molecular flexibility index (Phi) is 5.51. The maximum absolute atomic E-state index is 12.3. The van der Waals surface area contributed by atoms with Crippen LogP contribution in [0.5, 0.6) is 0 Å². The molecule has 1 N–H and O–H groups in total. The van der Waals surface area contributed by atoms with Crippen molar-refractivity contribution < 1.29 is 23.9 Å². The Hall–Kier alpha value is -2.63. The lowest BCUT2D eigenvalue weighted by Gasteiger charge is -2.32. The monoisotopic (exact) mass is 317 g/mol. The molecule has 2 atom stereocenters. The molecule has 0 aromatic heterocycles. The van der Waals surface area contributed by atoms with Crippen LogP contribution in [0.25, 0.3) is 0 Å². The molecule has 0 aliphatic heterocycles. The van der Waals surface area contributed by atoms with Crippen molar-refractivity contribution in [1.29, 1.82) is 0 Å². The van der Waals surface area contributed by atoms with E-state index in [0.29, 0.717) is 6.54 Å². The van der Waals surface area contributed by atoms with Gasteiger partial charge in [-0.1, -0.05) is 42.5 Å². The highest BCUT2D eigenvalue weighted by atomic mass is 16.5. The first kappa shape index (κ1) is 16.7. The largest absolute Gasteiger partial charge is 0.468 e. The molecule has 2 rings (SSSR count). The Morgan fingerprint density at radius 3 is 2.13 bits per heavy atom. The van der Waals surface area contributed by atoms with Crippen molar-refractivity contribution in [2.45, 2.75) is 6.54 Å². The Balaban J connectivity index is 2.00. The van der Waals surface area contributed by atoms with Crippen LogP contribution in [0.2, 0.25) is 0 Å². The molecule has 23 heavy (non-hydrogen) atoms. The summed E-state index contributed by atoms with van der Waals surface area (Å²) in [4.78, 5) is 35.9. The van der Waals surface area contributed by atoms with Crippen molar-refractivity contribution in [3.8, 4) is 0 Å². The number of carbonyl (C=O) groups excluding carboxylic acids is 3. The number of methoxy groups -OCH3 is 2. The van der Waals surface area contributed by atoms with E-state index in [9.17, 15) is 14.4 Å². The van der Waals surface area contributed by atoms with Crippen LogP contribution < -0.4 is 5.32 Å². The van der Waals surface area contributed by atoms with Gasteiger partial charge in [-0.15, -0.1) is 0 Å². The number of benzene rings is 1. The van der Waals surface area contributed by atoms with Crippen molar-refractivity contribution in [3.05, 3.63) is 48.0 Å². The summed E-state index contributed by atoms with van der Waals surface area (Å²) in [5, 5.41) is 2.81. The van der Waals surface area contributed by atoms with E-state index in [-0.39, 0.29) is 5.91 Å². The molecular formula is C17H19NO5. The van der Waals surface area contributed by atoms with E-state index < -0.39 is 29.7 Å². The molecule has 6 heteroatoms. The maximum atomic E-state index is 12.3. The van der Waals surface area contributed by atoms with Crippen molar-refractivity contribution in [2.24, 2.45) is 17.8 Å². The number of rotatable bonds is 6. The first-order valence-electron chi connectivity index (χ1n) is 7.24. The summed E-state index contributed by atoms with van der Waals surface area (Å²) in [6.07, 6.45) is 3.33. The van der Waals surface area contributed by atoms with Gasteiger partial charge in [0.2, 0.25) is 5.91 Å². The van der Waals surface area contributed by atoms with E-state index in [1.54, 1.807) is 12.2 Å². The van der Waals surface area contributed by atoms with Crippen LogP contribution in [-0.2, 0) is 30.4 Å². The number of ether oxygens (including phenoxy) is 2. The zero-order valence-corrected chi connectivity index (χ0v) is 13.0. The first-order chi connectivity index (χ1) is 11.1. The maximum Gasteiger partial charge on any atom is 0.320 e. The van der Waals surface area contributed by atoms with Crippen molar-refractivity contribution in [1.82, 2.24) is 5.32 Å². The molecular weight excluding hydrogens is 298 g/mol. The number of hydrogen-bond donors (Lipinski definition) is 1. The highest BCUT2D eigenvalue weighted by Crippen LogP contribution is 2.34. The molecule has 1 amide bonds. The molecule has 6 nitrogen and oxygen atoms in total. The molecule has 1 aromatic carbocycles. The third kappa shape index (κ3) is 3.77. The van der Waals surface area contributed by atoms with Crippen molar-refractivity contribution in [3.63, 3.8) is 0 Å². The van der Waals surface area contributed by atoms with Crippen LogP contribution in [0.15, 0.2) is 42.5 Å². The van der Waals surface area contributed by atoms with E-state index in [2.05, 4.69) is 14.8 Å². The van der Waals surface area contributed by atoms with Gasteiger partial charge >= 0.3 is 11.9 Å². The molecule has 0 radical (unpaired) electrons. The smallest absolute Gasteiger partial charge is 0.320 e. The quantitative estimate of drug-likeness (QED) is 0.482. The lowest BCUT2D eigenvalue weighted by atomic mass is 9.73. The summed E-state index contributed by atoms with van der Waals surface area (Å²) in [6.45, 7) is 0.387. The van der Waals surface area contributed by atoms with Gasteiger partial charge in [0.1, 0.15) is 0 Å². The van der Waals surface area contributed by atoms with Crippen LogP contribution in [0, 0.1) is 17.8 Å². The van der Waals surface area contributed by atoms with Gasteiger partial charge in [0, 0.05) is 12.5 Å². The predicted molar refractivity (Wildman–Crippen MR) is 81.9 cm³/mol. The van der Waals surface area contributed by atoms with Crippen LogP contribution in [0.4, 0.5) is 0 Å². The molecule has 0 fully saturated rings. The Labute approximate surface area is 134 Å². The molecule has 1 aliphatic rings. The normalized spacial score (nSPS) is 18.9.